The molecule has 1 aromatic heterocycles. The van der Waals surface area contributed by atoms with Gasteiger partial charge < -0.3 is 19.5 Å². The first kappa shape index (κ1) is 23.1. The highest BCUT2D eigenvalue weighted by Gasteiger charge is 2.14. The van der Waals surface area contributed by atoms with E-state index in [9.17, 15) is 14.4 Å². The van der Waals surface area contributed by atoms with Crippen LogP contribution in [0.25, 0.3) is 0 Å². The molecule has 0 spiro atoms. The fourth-order valence-corrected chi connectivity index (χ4v) is 2.70. The summed E-state index contributed by atoms with van der Waals surface area (Å²) in [5, 5.41) is 11.9. The van der Waals surface area contributed by atoms with E-state index in [4.69, 9.17) is 14.2 Å². The first-order valence-corrected chi connectivity index (χ1v) is 9.67. The summed E-state index contributed by atoms with van der Waals surface area (Å²) in [7, 11) is 3.01. The van der Waals surface area contributed by atoms with E-state index < -0.39 is 17.2 Å². The first-order valence-electron chi connectivity index (χ1n) is 9.67. The van der Waals surface area contributed by atoms with Crippen molar-refractivity contribution in [3.05, 3.63) is 74.4 Å². The van der Waals surface area contributed by atoms with Gasteiger partial charge in [0.15, 0.2) is 11.5 Å². The lowest BCUT2D eigenvalue weighted by Gasteiger charge is -2.15. The number of ether oxygens (including phenoxy) is 3. The molecule has 0 fully saturated rings. The van der Waals surface area contributed by atoms with E-state index >= 15 is 0 Å². The SMILES string of the molecule is COc1cc(/C=N/NC(=O)CNc2n[nH]c(=O)[nH]c2=O)cc(OC)c1OCc1ccccc1. The molecule has 1 amide bonds. The van der Waals surface area contributed by atoms with Crippen LogP contribution in [-0.2, 0) is 11.4 Å². The lowest BCUT2D eigenvalue weighted by atomic mass is 10.2. The van der Waals surface area contributed by atoms with Crippen LogP contribution in [-0.4, -0.2) is 48.1 Å². The fraction of sp³-hybridized carbons (Fsp3) is 0.190. The summed E-state index contributed by atoms with van der Waals surface area (Å²) in [5.41, 5.74) is 2.39. The molecule has 3 aromatic rings. The number of carbonyl (C=O) groups excluding carboxylic acids is 1. The maximum Gasteiger partial charge on any atom is 0.342 e. The van der Waals surface area contributed by atoms with E-state index in [1.807, 2.05) is 35.3 Å². The molecule has 0 atom stereocenters. The molecule has 1 heterocycles. The van der Waals surface area contributed by atoms with Gasteiger partial charge in [0.2, 0.25) is 11.6 Å². The molecule has 0 aliphatic carbocycles. The monoisotopic (exact) mass is 454 g/mol. The maximum atomic E-state index is 11.9. The topological polar surface area (TPSA) is 160 Å². The van der Waals surface area contributed by atoms with Crippen molar-refractivity contribution in [1.82, 2.24) is 20.6 Å². The average Bonchev–Trinajstić information content (AvgIpc) is 2.82. The van der Waals surface area contributed by atoms with Crippen LogP contribution in [0.1, 0.15) is 11.1 Å². The molecule has 0 saturated heterocycles. The molecule has 172 valence electrons. The number of hydrazone groups is 1. The Morgan fingerprint density at radius 2 is 1.82 bits per heavy atom. The van der Waals surface area contributed by atoms with Crippen LogP contribution in [0.3, 0.4) is 0 Å². The van der Waals surface area contributed by atoms with Crippen LogP contribution in [0.4, 0.5) is 5.82 Å². The normalized spacial score (nSPS) is 10.6. The number of nitrogens with zero attached hydrogens (tertiary/aromatic N) is 2. The van der Waals surface area contributed by atoms with Crippen molar-refractivity contribution in [2.75, 3.05) is 26.1 Å². The van der Waals surface area contributed by atoms with Crippen molar-refractivity contribution in [2.24, 2.45) is 5.10 Å². The summed E-state index contributed by atoms with van der Waals surface area (Å²) in [6.45, 7) is 0.0371. The van der Waals surface area contributed by atoms with Crippen molar-refractivity contribution in [2.45, 2.75) is 6.61 Å². The second kappa shape index (κ2) is 11.1. The number of methoxy groups -OCH3 is 2. The quantitative estimate of drug-likeness (QED) is 0.256. The smallest absolute Gasteiger partial charge is 0.342 e. The van der Waals surface area contributed by atoms with Gasteiger partial charge in [-0.15, -0.1) is 5.10 Å². The summed E-state index contributed by atoms with van der Waals surface area (Å²) in [6, 6.07) is 13.0. The van der Waals surface area contributed by atoms with Gasteiger partial charge in [0.05, 0.1) is 27.0 Å². The highest BCUT2D eigenvalue weighted by atomic mass is 16.5. The standard InChI is InChI=1S/C21H22N6O6/c1-31-15-8-14(9-16(32-2)18(15)33-12-13-6-4-3-5-7-13)10-23-25-17(28)11-22-19-20(29)24-21(30)27-26-19/h3-10H,11-12H2,1-2H3,(H,22,26)(H,25,28)(H2,24,27,29,30)/b23-10+. The summed E-state index contributed by atoms with van der Waals surface area (Å²) >= 11 is 0. The summed E-state index contributed by atoms with van der Waals surface area (Å²) in [6.07, 6.45) is 1.40. The molecule has 0 unspecified atom stereocenters. The molecule has 3 rings (SSSR count). The largest absolute Gasteiger partial charge is 0.493 e. The van der Waals surface area contributed by atoms with Gasteiger partial charge >= 0.3 is 5.69 Å². The molecule has 0 aliphatic heterocycles. The fourth-order valence-electron chi connectivity index (χ4n) is 2.70. The molecule has 0 bridgehead atoms. The second-order valence-electron chi connectivity index (χ2n) is 6.53. The second-order valence-corrected chi connectivity index (χ2v) is 6.53. The number of hydrogen-bond donors (Lipinski definition) is 4. The van der Waals surface area contributed by atoms with E-state index in [0.717, 1.165) is 5.56 Å². The zero-order valence-electron chi connectivity index (χ0n) is 17.9. The van der Waals surface area contributed by atoms with Gasteiger partial charge in [-0.2, -0.15) is 5.10 Å². The third kappa shape index (κ3) is 6.43. The number of aromatic amines is 2. The van der Waals surface area contributed by atoms with Crippen molar-refractivity contribution in [3.63, 3.8) is 0 Å². The van der Waals surface area contributed by atoms with Crippen molar-refractivity contribution < 1.29 is 19.0 Å². The zero-order chi connectivity index (χ0) is 23.6. The Bertz CT molecular complexity index is 1210. The molecule has 0 saturated carbocycles. The van der Waals surface area contributed by atoms with E-state index in [-0.39, 0.29) is 12.4 Å². The van der Waals surface area contributed by atoms with E-state index in [1.54, 1.807) is 12.1 Å². The number of H-pyrrole nitrogens is 2. The van der Waals surface area contributed by atoms with Gasteiger partial charge in [-0.05, 0) is 17.7 Å². The average molecular weight is 454 g/mol. The van der Waals surface area contributed by atoms with Crippen molar-refractivity contribution >= 4 is 17.9 Å². The van der Waals surface area contributed by atoms with Crippen LogP contribution in [0.2, 0.25) is 0 Å². The Hall–Kier alpha value is -4.61. The maximum absolute atomic E-state index is 11.9. The van der Waals surface area contributed by atoms with Gasteiger partial charge in [0, 0.05) is 5.56 Å². The molecule has 0 aliphatic rings. The Labute approximate surface area is 187 Å². The lowest BCUT2D eigenvalue weighted by molar-refractivity contribution is -0.119. The van der Waals surface area contributed by atoms with E-state index in [2.05, 4.69) is 26.0 Å². The minimum absolute atomic E-state index is 0.200. The van der Waals surface area contributed by atoms with E-state index in [1.165, 1.54) is 20.4 Å². The highest BCUT2D eigenvalue weighted by Crippen LogP contribution is 2.38. The summed E-state index contributed by atoms with van der Waals surface area (Å²) < 4.78 is 16.7. The van der Waals surface area contributed by atoms with Gasteiger partial charge in [-0.1, -0.05) is 30.3 Å². The zero-order valence-corrected chi connectivity index (χ0v) is 17.9. The molecule has 0 radical (unpaired) electrons. The molecule has 12 heteroatoms. The van der Waals surface area contributed by atoms with Crippen LogP contribution in [0.15, 0.2) is 57.2 Å². The van der Waals surface area contributed by atoms with Crippen LogP contribution < -0.4 is 36.2 Å². The molecule has 2 aromatic carbocycles. The first-order chi connectivity index (χ1) is 16.0. The number of rotatable bonds is 10. The van der Waals surface area contributed by atoms with Gasteiger partial charge in [0.1, 0.15) is 6.61 Å². The van der Waals surface area contributed by atoms with Crippen LogP contribution >= 0.6 is 0 Å². The Kier molecular flexibility index (Phi) is 7.78. The Morgan fingerprint density at radius 1 is 1.12 bits per heavy atom. The van der Waals surface area contributed by atoms with Crippen molar-refractivity contribution in [3.8, 4) is 17.2 Å². The molecular formula is C21H22N6O6. The van der Waals surface area contributed by atoms with Gasteiger partial charge in [-0.25, -0.2) is 15.3 Å². The number of amides is 1. The molecular weight excluding hydrogens is 432 g/mol. The third-order valence-corrected chi connectivity index (χ3v) is 4.24. The minimum atomic E-state index is -0.748. The summed E-state index contributed by atoms with van der Waals surface area (Å²) in [5.74, 6) is 0.564. The number of anilines is 1. The van der Waals surface area contributed by atoms with Crippen LogP contribution in [0.5, 0.6) is 17.2 Å². The number of nitrogens with one attached hydrogen (secondary N) is 4. The lowest BCUT2D eigenvalue weighted by Crippen LogP contribution is -2.31. The molecule has 4 N–H and O–H groups in total. The third-order valence-electron chi connectivity index (χ3n) is 4.24. The summed E-state index contributed by atoms with van der Waals surface area (Å²) in [4.78, 5) is 36.4. The Morgan fingerprint density at radius 3 is 2.45 bits per heavy atom. The number of aromatic nitrogens is 3. The van der Waals surface area contributed by atoms with Crippen molar-refractivity contribution in [1.29, 1.82) is 0 Å². The van der Waals surface area contributed by atoms with Gasteiger partial charge in [0.25, 0.3) is 11.5 Å². The van der Waals surface area contributed by atoms with Crippen LogP contribution in [0, 0.1) is 0 Å². The molecule has 12 nitrogen and oxygen atoms in total. The number of hydrogen-bond acceptors (Lipinski definition) is 9. The number of benzene rings is 2. The predicted octanol–water partition coefficient (Wildman–Crippen LogP) is 0.617. The molecule has 33 heavy (non-hydrogen) atoms. The predicted molar refractivity (Wildman–Crippen MR) is 120 cm³/mol. The Balaban J connectivity index is 1.63. The number of carbonyl (C=O) groups is 1. The van der Waals surface area contributed by atoms with E-state index in [0.29, 0.717) is 29.4 Å². The van der Waals surface area contributed by atoms with Gasteiger partial charge in [-0.3, -0.25) is 14.6 Å². The minimum Gasteiger partial charge on any atom is -0.493 e. The highest BCUT2D eigenvalue weighted by molar-refractivity contribution is 5.85.